The smallest absolute Gasteiger partial charge is 0.253 e. The molecule has 2 aliphatic rings. The molecule has 25 heavy (non-hydrogen) atoms. The van der Waals surface area contributed by atoms with Crippen LogP contribution in [0.1, 0.15) is 36.5 Å². The Labute approximate surface area is 163 Å². The number of halogens is 1. The summed E-state index contributed by atoms with van der Waals surface area (Å²) in [5, 5.41) is 0. The van der Waals surface area contributed by atoms with Crippen LogP contribution in [0.3, 0.4) is 0 Å². The highest BCUT2D eigenvalue weighted by Crippen LogP contribution is 2.17. The quantitative estimate of drug-likeness (QED) is 0.658. The van der Waals surface area contributed by atoms with Gasteiger partial charge in [0.2, 0.25) is 5.91 Å². The van der Waals surface area contributed by atoms with Gasteiger partial charge >= 0.3 is 0 Å². The third kappa shape index (κ3) is 4.73. The summed E-state index contributed by atoms with van der Waals surface area (Å²) in [6, 6.07) is 8.06. The first-order chi connectivity index (χ1) is 12.0. The fourth-order valence-corrected chi connectivity index (χ4v) is 3.99. The van der Waals surface area contributed by atoms with E-state index in [1.807, 2.05) is 34.1 Å². The molecule has 2 amide bonds. The Morgan fingerprint density at radius 3 is 2.36 bits per heavy atom. The van der Waals surface area contributed by atoms with Gasteiger partial charge in [0.15, 0.2) is 0 Å². The summed E-state index contributed by atoms with van der Waals surface area (Å²) in [5.41, 5.74) is 0.743. The molecule has 1 unspecified atom stereocenters. The van der Waals surface area contributed by atoms with Crippen molar-refractivity contribution < 1.29 is 9.59 Å². The zero-order valence-electron chi connectivity index (χ0n) is 14.8. The van der Waals surface area contributed by atoms with Gasteiger partial charge in [0, 0.05) is 47.9 Å². The highest BCUT2D eigenvalue weighted by molar-refractivity contribution is 14.1. The second kappa shape index (κ2) is 8.49. The van der Waals surface area contributed by atoms with Gasteiger partial charge in [0.25, 0.3) is 5.91 Å². The van der Waals surface area contributed by atoms with Crippen LogP contribution in [0.4, 0.5) is 0 Å². The van der Waals surface area contributed by atoms with Crippen LogP contribution in [0, 0.1) is 3.57 Å². The summed E-state index contributed by atoms with van der Waals surface area (Å²) in [6.45, 7) is 6.44. The maximum Gasteiger partial charge on any atom is 0.253 e. The largest absolute Gasteiger partial charge is 0.339 e. The number of benzene rings is 1. The zero-order chi connectivity index (χ0) is 17.8. The van der Waals surface area contributed by atoms with E-state index in [4.69, 9.17) is 0 Å². The third-order valence-electron chi connectivity index (χ3n) is 5.23. The minimum atomic E-state index is 0.0898. The van der Waals surface area contributed by atoms with Gasteiger partial charge in [-0.15, -0.1) is 0 Å². The van der Waals surface area contributed by atoms with Gasteiger partial charge in [0.1, 0.15) is 0 Å². The van der Waals surface area contributed by atoms with Crippen LogP contribution in [0.25, 0.3) is 0 Å². The van der Waals surface area contributed by atoms with Crippen LogP contribution in [-0.4, -0.2) is 71.8 Å². The normalized spacial score (nSPS) is 22.1. The Balaban J connectivity index is 1.49. The number of nitrogens with zero attached hydrogens (tertiary/aromatic N) is 3. The minimum absolute atomic E-state index is 0.0898. The van der Waals surface area contributed by atoms with Crippen molar-refractivity contribution in [1.82, 2.24) is 14.7 Å². The lowest BCUT2D eigenvalue weighted by Gasteiger charge is -2.38. The van der Waals surface area contributed by atoms with Gasteiger partial charge in [-0.2, -0.15) is 0 Å². The number of carbonyl (C=O) groups excluding carboxylic acids is 2. The van der Waals surface area contributed by atoms with E-state index < -0.39 is 0 Å². The molecule has 1 atom stereocenters. The molecule has 1 aromatic rings. The fraction of sp³-hybridized carbons (Fsp3) is 0.579. The van der Waals surface area contributed by atoms with Crippen LogP contribution in [0.5, 0.6) is 0 Å². The van der Waals surface area contributed by atoms with Gasteiger partial charge in [-0.05, 0) is 73.0 Å². The number of hydrogen-bond donors (Lipinski definition) is 0. The summed E-state index contributed by atoms with van der Waals surface area (Å²) >= 11 is 2.24. The van der Waals surface area contributed by atoms with Gasteiger partial charge in [-0.25, -0.2) is 0 Å². The first-order valence-electron chi connectivity index (χ1n) is 9.11. The number of piperidine rings is 1. The molecular formula is C19H26IN3O2. The first-order valence-corrected chi connectivity index (χ1v) is 10.2. The molecular weight excluding hydrogens is 429 g/mol. The standard InChI is InChI=1S/C19H26IN3O2/c1-15-4-2-3-9-23(15)18(24)14-21-10-12-22(13-11-21)19(25)16-5-7-17(20)8-6-16/h5-8,15H,2-4,9-14H2,1H3. The molecule has 0 aromatic heterocycles. The molecule has 2 fully saturated rings. The van der Waals surface area contributed by atoms with E-state index in [1.165, 1.54) is 6.42 Å². The topological polar surface area (TPSA) is 43.9 Å². The Kier molecular flexibility index (Phi) is 6.33. The van der Waals surface area contributed by atoms with Gasteiger partial charge in [-0.1, -0.05) is 0 Å². The lowest BCUT2D eigenvalue weighted by molar-refractivity contribution is -0.136. The van der Waals surface area contributed by atoms with E-state index >= 15 is 0 Å². The second-order valence-electron chi connectivity index (χ2n) is 7.01. The summed E-state index contributed by atoms with van der Waals surface area (Å²) < 4.78 is 1.13. The Bertz CT molecular complexity index is 612. The third-order valence-corrected chi connectivity index (χ3v) is 5.95. The van der Waals surface area contributed by atoms with Crippen molar-refractivity contribution >= 4 is 34.4 Å². The molecule has 0 N–H and O–H groups in total. The van der Waals surface area contributed by atoms with Crippen LogP contribution < -0.4 is 0 Å². The van der Waals surface area contributed by atoms with E-state index in [2.05, 4.69) is 34.4 Å². The first kappa shape index (κ1) is 18.6. The SMILES string of the molecule is CC1CCCCN1C(=O)CN1CCN(C(=O)c2ccc(I)cc2)CC1. The molecule has 0 saturated carbocycles. The van der Waals surface area contributed by atoms with Crippen LogP contribution >= 0.6 is 22.6 Å². The number of amides is 2. The molecule has 2 aliphatic heterocycles. The van der Waals surface area contributed by atoms with E-state index in [9.17, 15) is 9.59 Å². The maximum absolute atomic E-state index is 12.6. The summed E-state index contributed by atoms with van der Waals surface area (Å²) in [6.07, 6.45) is 3.46. The highest BCUT2D eigenvalue weighted by atomic mass is 127. The van der Waals surface area contributed by atoms with Gasteiger partial charge in [-0.3, -0.25) is 14.5 Å². The lowest BCUT2D eigenvalue weighted by atomic mass is 10.0. The summed E-state index contributed by atoms with van der Waals surface area (Å²) in [4.78, 5) is 31.2. The molecule has 0 radical (unpaired) electrons. The van der Waals surface area contributed by atoms with Crippen LogP contribution in [0.2, 0.25) is 0 Å². The molecule has 0 bridgehead atoms. The van der Waals surface area contributed by atoms with Gasteiger partial charge in [0.05, 0.1) is 6.54 Å². The summed E-state index contributed by atoms with van der Waals surface area (Å²) in [5.74, 6) is 0.330. The van der Waals surface area contributed by atoms with Crippen molar-refractivity contribution in [2.45, 2.75) is 32.2 Å². The molecule has 3 rings (SSSR count). The molecule has 5 nitrogen and oxygen atoms in total. The van der Waals surface area contributed by atoms with Crippen molar-refractivity contribution in [3.05, 3.63) is 33.4 Å². The molecule has 0 aliphatic carbocycles. The van der Waals surface area contributed by atoms with E-state index in [0.29, 0.717) is 25.7 Å². The minimum Gasteiger partial charge on any atom is -0.339 e. The predicted molar refractivity (Wildman–Crippen MR) is 107 cm³/mol. The Hall–Kier alpha value is -1.15. The molecule has 1 aromatic carbocycles. The predicted octanol–water partition coefficient (Wildman–Crippen LogP) is 2.45. The van der Waals surface area contributed by atoms with Gasteiger partial charge < -0.3 is 9.80 Å². The average molecular weight is 455 g/mol. The Morgan fingerprint density at radius 1 is 1.04 bits per heavy atom. The van der Waals surface area contributed by atoms with Crippen LogP contribution in [-0.2, 0) is 4.79 Å². The zero-order valence-corrected chi connectivity index (χ0v) is 16.9. The number of piperazine rings is 1. The number of carbonyl (C=O) groups is 2. The number of hydrogen-bond acceptors (Lipinski definition) is 3. The van der Waals surface area contributed by atoms with E-state index in [0.717, 1.165) is 41.6 Å². The number of likely N-dealkylation sites (tertiary alicyclic amines) is 1. The van der Waals surface area contributed by atoms with Crippen molar-refractivity contribution in [2.75, 3.05) is 39.3 Å². The fourth-order valence-electron chi connectivity index (χ4n) is 3.63. The Morgan fingerprint density at radius 2 is 1.72 bits per heavy atom. The maximum atomic E-state index is 12.6. The van der Waals surface area contributed by atoms with Crippen molar-refractivity contribution in [3.8, 4) is 0 Å². The van der Waals surface area contributed by atoms with Crippen molar-refractivity contribution in [3.63, 3.8) is 0 Å². The van der Waals surface area contributed by atoms with E-state index in [-0.39, 0.29) is 11.8 Å². The second-order valence-corrected chi connectivity index (χ2v) is 8.25. The average Bonchev–Trinajstić information content (AvgIpc) is 2.63. The number of rotatable bonds is 3. The molecule has 6 heteroatoms. The molecule has 0 spiro atoms. The lowest BCUT2D eigenvalue weighted by Crippen LogP contribution is -2.53. The highest BCUT2D eigenvalue weighted by Gasteiger charge is 2.27. The van der Waals surface area contributed by atoms with E-state index in [1.54, 1.807) is 0 Å². The van der Waals surface area contributed by atoms with Crippen molar-refractivity contribution in [2.24, 2.45) is 0 Å². The monoisotopic (exact) mass is 455 g/mol. The molecule has 2 saturated heterocycles. The molecule has 2 heterocycles. The van der Waals surface area contributed by atoms with Crippen LogP contribution in [0.15, 0.2) is 24.3 Å². The van der Waals surface area contributed by atoms with Crippen molar-refractivity contribution in [1.29, 1.82) is 0 Å². The summed E-state index contributed by atoms with van der Waals surface area (Å²) in [7, 11) is 0. The molecule has 136 valence electrons.